The average molecular weight is 252 g/mol. The van der Waals surface area contributed by atoms with Gasteiger partial charge in [0.25, 0.3) is 0 Å². The lowest BCUT2D eigenvalue weighted by atomic mass is 10.1. The molecule has 1 aromatic carbocycles. The molecule has 4 heteroatoms. The highest BCUT2D eigenvalue weighted by molar-refractivity contribution is 6.31. The zero-order valence-corrected chi connectivity index (χ0v) is 10.8. The van der Waals surface area contributed by atoms with E-state index in [9.17, 15) is 0 Å². The van der Waals surface area contributed by atoms with Crippen LogP contribution in [0.1, 0.15) is 38.4 Å². The topological polar surface area (TPSA) is 54.7 Å². The van der Waals surface area contributed by atoms with E-state index in [1.165, 1.54) is 25.7 Å². The summed E-state index contributed by atoms with van der Waals surface area (Å²) in [4.78, 5) is 7.79. The van der Waals surface area contributed by atoms with E-state index in [1.54, 1.807) is 6.07 Å². The largest absolute Gasteiger partial charge is 0.397 e. The van der Waals surface area contributed by atoms with Crippen LogP contribution in [0.25, 0.3) is 11.0 Å². The van der Waals surface area contributed by atoms with Gasteiger partial charge in [-0.2, -0.15) is 0 Å². The minimum atomic E-state index is 0.642. The molecule has 2 rings (SSSR count). The number of aromatic amines is 1. The van der Waals surface area contributed by atoms with E-state index in [0.717, 1.165) is 23.3 Å². The predicted molar refractivity (Wildman–Crippen MR) is 73.4 cm³/mol. The highest BCUT2D eigenvalue weighted by atomic mass is 35.5. The number of fused-ring (bicyclic) bond motifs is 1. The van der Waals surface area contributed by atoms with Gasteiger partial charge in [0, 0.05) is 11.4 Å². The fourth-order valence-corrected chi connectivity index (χ4v) is 2.22. The Morgan fingerprint density at radius 1 is 1.29 bits per heavy atom. The van der Waals surface area contributed by atoms with Crippen LogP contribution in [0.4, 0.5) is 5.69 Å². The molecular weight excluding hydrogens is 234 g/mol. The first kappa shape index (κ1) is 12.2. The van der Waals surface area contributed by atoms with Crippen LogP contribution in [-0.4, -0.2) is 9.97 Å². The summed E-state index contributed by atoms with van der Waals surface area (Å²) in [5.74, 6) is 1.00. The molecular formula is C13H18ClN3. The number of aromatic nitrogens is 2. The molecule has 0 saturated carbocycles. The summed E-state index contributed by atoms with van der Waals surface area (Å²) in [7, 11) is 0. The lowest BCUT2D eigenvalue weighted by molar-refractivity contribution is 0.656. The predicted octanol–water partition coefficient (Wildman–Crippen LogP) is 3.92. The molecule has 0 amide bonds. The van der Waals surface area contributed by atoms with E-state index in [-0.39, 0.29) is 0 Å². The molecule has 3 N–H and O–H groups in total. The molecule has 0 bridgehead atoms. The van der Waals surface area contributed by atoms with Crippen molar-refractivity contribution >= 4 is 28.3 Å². The summed E-state index contributed by atoms with van der Waals surface area (Å²) in [5, 5.41) is 0.649. The Hall–Kier alpha value is -1.22. The minimum Gasteiger partial charge on any atom is -0.397 e. The van der Waals surface area contributed by atoms with Gasteiger partial charge >= 0.3 is 0 Å². The van der Waals surface area contributed by atoms with Gasteiger partial charge in [0.05, 0.1) is 11.2 Å². The van der Waals surface area contributed by atoms with Crippen molar-refractivity contribution in [2.75, 3.05) is 5.73 Å². The summed E-state index contributed by atoms with van der Waals surface area (Å²) >= 11 is 5.95. The normalized spacial score (nSPS) is 11.2. The number of aryl methyl sites for hydroxylation is 1. The standard InChI is InChI=1S/C13H18ClN3/c1-2-3-4-5-6-12-16-11-8-9(14)7-10(15)13(11)17-12/h7-8H,2-6,15H2,1H3,(H,16,17). The molecule has 0 aliphatic rings. The first-order chi connectivity index (χ1) is 8.20. The smallest absolute Gasteiger partial charge is 0.112 e. The van der Waals surface area contributed by atoms with E-state index in [1.807, 2.05) is 6.07 Å². The Morgan fingerprint density at radius 3 is 2.88 bits per heavy atom. The van der Waals surface area contributed by atoms with Crippen LogP contribution < -0.4 is 5.73 Å². The third kappa shape index (κ3) is 2.91. The number of benzene rings is 1. The Bertz CT molecular complexity index is 505. The highest BCUT2D eigenvalue weighted by Gasteiger charge is 2.06. The second kappa shape index (κ2) is 5.41. The molecule has 17 heavy (non-hydrogen) atoms. The fraction of sp³-hybridized carbons (Fsp3) is 0.462. The van der Waals surface area contributed by atoms with Crippen LogP contribution in [0.3, 0.4) is 0 Å². The average Bonchev–Trinajstić information content (AvgIpc) is 2.67. The number of H-pyrrole nitrogens is 1. The van der Waals surface area contributed by atoms with Crippen LogP contribution >= 0.6 is 11.6 Å². The Balaban J connectivity index is 2.12. The molecule has 0 aliphatic heterocycles. The first-order valence-electron chi connectivity index (χ1n) is 6.14. The number of nitrogen functional groups attached to an aromatic ring is 1. The van der Waals surface area contributed by atoms with Crippen molar-refractivity contribution in [2.45, 2.75) is 39.0 Å². The Morgan fingerprint density at radius 2 is 2.12 bits per heavy atom. The molecule has 0 radical (unpaired) electrons. The van der Waals surface area contributed by atoms with Crippen molar-refractivity contribution in [3.63, 3.8) is 0 Å². The van der Waals surface area contributed by atoms with E-state index in [4.69, 9.17) is 17.3 Å². The number of rotatable bonds is 5. The maximum atomic E-state index is 5.95. The molecule has 0 fully saturated rings. The van der Waals surface area contributed by atoms with Crippen molar-refractivity contribution in [2.24, 2.45) is 0 Å². The molecule has 0 saturated heterocycles. The molecule has 0 spiro atoms. The molecule has 92 valence electrons. The number of unbranched alkanes of at least 4 members (excludes halogenated alkanes) is 3. The fourth-order valence-electron chi connectivity index (χ4n) is 2.00. The van der Waals surface area contributed by atoms with Gasteiger partial charge in [-0.05, 0) is 18.6 Å². The molecule has 1 aromatic heterocycles. The van der Waals surface area contributed by atoms with E-state index >= 15 is 0 Å². The zero-order chi connectivity index (χ0) is 12.3. The Labute approximate surface area is 106 Å². The number of hydrogen-bond acceptors (Lipinski definition) is 2. The van der Waals surface area contributed by atoms with Gasteiger partial charge < -0.3 is 10.7 Å². The molecule has 0 atom stereocenters. The SMILES string of the molecule is CCCCCCc1nc2c(N)cc(Cl)cc2[nH]1. The second-order valence-corrected chi connectivity index (χ2v) is 4.82. The molecule has 0 unspecified atom stereocenters. The number of nitrogens with two attached hydrogens (primary N) is 1. The number of nitrogens with zero attached hydrogens (tertiary/aromatic N) is 1. The first-order valence-corrected chi connectivity index (χ1v) is 6.52. The number of halogens is 1. The lowest BCUT2D eigenvalue weighted by Gasteiger charge is -1.95. The quantitative estimate of drug-likeness (QED) is 0.625. The van der Waals surface area contributed by atoms with Crippen molar-refractivity contribution in [1.82, 2.24) is 9.97 Å². The molecule has 2 aromatic rings. The Kier molecular flexibility index (Phi) is 3.89. The van der Waals surface area contributed by atoms with Crippen LogP contribution in [0.15, 0.2) is 12.1 Å². The zero-order valence-electron chi connectivity index (χ0n) is 10.1. The minimum absolute atomic E-state index is 0.642. The van der Waals surface area contributed by atoms with Gasteiger partial charge in [-0.1, -0.05) is 37.8 Å². The van der Waals surface area contributed by atoms with E-state index in [2.05, 4.69) is 16.9 Å². The van der Waals surface area contributed by atoms with Crippen LogP contribution in [0.5, 0.6) is 0 Å². The highest BCUT2D eigenvalue weighted by Crippen LogP contribution is 2.24. The van der Waals surface area contributed by atoms with Crippen LogP contribution in [0, 0.1) is 0 Å². The van der Waals surface area contributed by atoms with Crippen molar-refractivity contribution < 1.29 is 0 Å². The van der Waals surface area contributed by atoms with Crippen LogP contribution in [0.2, 0.25) is 5.02 Å². The third-order valence-corrected chi connectivity index (χ3v) is 3.12. The summed E-state index contributed by atoms with van der Waals surface area (Å²) in [6.07, 6.45) is 5.94. The summed E-state index contributed by atoms with van der Waals surface area (Å²) < 4.78 is 0. The van der Waals surface area contributed by atoms with Crippen molar-refractivity contribution in [3.05, 3.63) is 23.0 Å². The summed E-state index contributed by atoms with van der Waals surface area (Å²) in [6.45, 7) is 2.21. The maximum Gasteiger partial charge on any atom is 0.112 e. The van der Waals surface area contributed by atoms with E-state index in [0.29, 0.717) is 10.7 Å². The van der Waals surface area contributed by atoms with Gasteiger partial charge in [0.2, 0.25) is 0 Å². The molecule has 1 heterocycles. The third-order valence-electron chi connectivity index (χ3n) is 2.90. The maximum absolute atomic E-state index is 5.95. The monoisotopic (exact) mass is 251 g/mol. The van der Waals surface area contributed by atoms with Gasteiger partial charge in [0.1, 0.15) is 11.3 Å². The number of nitrogens with one attached hydrogen (secondary N) is 1. The van der Waals surface area contributed by atoms with Crippen molar-refractivity contribution in [1.29, 1.82) is 0 Å². The molecule has 0 aliphatic carbocycles. The number of anilines is 1. The number of imidazole rings is 1. The van der Waals surface area contributed by atoms with Crippen molar-refractivity contribution in [3.8, 4) is 0 Å². The van der Waals surface area contributed by atoms with Gasteiger partial charge in [-0.25, -0.2) is 4.98 Å². The lowest BCUT2D eigenvalue weighted by Crippen LogP contribution is -1.88. The van der Waals surface area contributed by atoms with Gasteiger partial charge in [-0.3, -0.25) is 0 Å². The van der Waals surface area contributed by atoms with Gasteiger partial charge in [0.15, 0.2) is 0 Å². The summed E-state index contributed by atoms with van der Waals surface area (Å²) in [5.41, 5.74) is 8.29. The second-order valence-electron chi connectivity index (χ2n) is 4.39. The summed E-state index contributed by atoms with van der Waals surface area (Å²) in [6, 6.07) is 3.61. The van der Waals surface area contributed by atoms with E-state index < -0.39 is 0 Å². The molecule has 3 nitrogen and oxygen atoms in total. The number of hydrogen-bond donors (Lipinski definition) is 2. The van der Waals surface area contributed by atoms with Gasteiger partial charge in [-0.15, -0.1) is 0 Å². The van der Waals surface area contributed by atoms with Crippen LogP contribution in [-0.2, 0) is 6.42 Å².